The molecule has 2 aromatic rings. The van der Waals surface area contributed by atoms with Gasteiger partial charge in [0.15, 0.2) is 0 Å². The lowest BCUT2D eigenvalue weighted by Gasteiger charge is -2.17. The molecule has 0 aromatic heterocycles. The molecule has 0 unspecified atom stereocenters. The molecule has 4 N–H and O–H groups in total. The van der Waals surface area contributed by atoms with Crippen LogP contribution in [0.15, 0.2) is 60.7 Å². The highest BCUT2D eigenvalue weighted by Crippen LogP contribution is 2.44. The zero-order valence-corrected chi connectivity index (χ0v) is 17.2. The topological polar surface area (TPSA) is 120 Å². The number of phosphoric ester groups is 1. The van der Waals surface area contributed by atoms with E-state index in [4.69, 9.17) is 24.4 Å². The Hall–Kier alpha value is -1.61. The largest absolute Gasteiger partial charge is 0.472 e. The molecule has 162 valence electrons. The molecule has 0 aliphatic rings. The summed E-state index contributed by atoms with van der Waals surface area (Å²) in [6, 6.07) is 18.4. The molecule has 0 saturated heterocycles. The maximum absolute atomic E-state index is 11.7. The van der Waals surface area contributed by atoms with Crippen LogP contribution in [0.25, 0.3) is 0 Å². The standard InChI is InChI=1S/C14H15O4P.C6H15NO3/c15-19(16,17-11-13-7-3-1-4-8-13)18-12-14-9-5-2-6-10-14;8-4-1-7(2-5-9)3-6-10/h1-10H,11-12H2,(H,15,16);8-10H,1-6H2. The molecular weight excluding hydrogens is 397 g/mol. The summed E-state index contributed by atoms with van der Waals surface area (Å²) in [4.78, 5) is 11.3. The second-order valence-electron chi connectivity index (χ2n) is 6.00. The predicted octanol–water partition coefficient (Wildman–Crippen LogP) is 1.79. The Morgan fingerprint density at radius 1 is 0.690 bits per heavy atom. The number of hydrogen-bond acceptors (Lipinski definition) is 7. The molecule has 0 bridgehead atoms. The third kappa shape index (κ3) is 12.5. The molecule has 0 heterocycles. The maximum atomic E-state index is 11.7. The molecule has 8 nitrogen and oxygen atoms in total. The van der Waals surface area contributed by atoms with E-state index < -0.39 is 7.82 Å². The van der Waals surface area contributed by atoms with Gasteiger partial charge in [-0.05, 0) is 11.1 Å². The average Bonchev–Trinajstić information content (AvgIpc) is 2.74. The minimum absolute atomic E-state index is 0.0450. The van der Waals surface area contributed by atoms with Gasteiger partial charge in [-0.3, -0.25) is 13.9 Å². The summed E-state index contributed by atoms with van der Waals surface area (Å²) in [5.74, 6) is 0. The van der Waals surface area contributed by atoms with Crippen LogP contribution in [-0.4, -0.2) is 64.6 Å². The molecule has 2 rings (SSSR count). The van der Waals surface area contributed by atoms with Crippen molar-refractivity contribution in [2.45, 2.75) is 13.2 Å². The lowest BCUT2D eigenvalue weighted by atomic mass is 10.2. The summed E-state index contributed by atoms with van der Waals surface area (Å²) in [7, 11) is -4.02. The second-order valence-corrected chi connectivity index (χ2v) is 7.45. The monoisotopic (exact) mass is 427 g/mol. The zero-order valence-electron chi connectivity index (χ0n) is 16.3. The molecule has 9 heteroatoms. The first-order valence-corrected chi connectivity index (χ1v) is 10.7. The third-order valence-electron chi connectivity index (χ3n) is 3.72. The summed E-state index contributed by atoms with van der Waals surface area (Å²) in [6.45, 7) is 1.84. The molecule has 29 heavy (non-hydrogen) atoms. The number of aliphatic hydroxyl groups excluding tert-OH is 3. The Morgan fingerprint density at radius 3 is 1.34 bits per heavy atom. The molecule has 0 saturated carbocycles. The van der Waals surface area contributed by atoms with Gasteiger partial charge in [0.2, 0.25) is 0 Å². The van der Waals surface area contributed by atoms with Crippen LogP contribution in [0, 0.1) is 0 Å². The predicted molar refractivity (Wildman–Crippen MR) is 110 cm³/mol. The fraction of sp³-hybridized carbons (Fsp3) is 0.400. The first-order valence-electron chi connectivity index (χ1n) is 9.25. The van der Waals surface area contributed by atoms with Gasteiger partial charge in [0.1, 0.15) is 0 Å². The number of aliphatic hydroxyl groups is 3. The van der Waals surface area contributed by atoms with Crippen LogP contribution in [0.5, 0.6) is 0 Å². The molecule has 0 fully saturated rings. The Morgan fingerprint density at radius 2 is 1.03 bits per heavy atom. The lowest BCUT2D eigenvalue weighted by molar-refractivity contribution is 0.136. The fourth-order valence-electron chi connectivity index (χ4n) is 2.26. The van der Waals surface area contributed by atoms with Crippen molar-refractivity contribution in [1.29, 1.82) is 0 Å². The van der Waals surface area contributed by atoms with Crippen molar-refractivity contribution in [2.24, 2.45) is 0 Å². The number of nitrogens with zero attached hydrogens (tertiary/aromatic N) is 1. The first kappa shape index (κ1) is 25.4. The van der Waals surface area contributed by atoms with Crippen LogP contribution in [-0.2, 0) is 26.8 Å². The maximum Gasteiger partial charge on any atom is 0.472 e. The smallest absolute Gasteiger partial charge is 0.395 e. The SMILES string of the molecule is O=P(O)(OCc1ccccc1)OCc1ccccc1.OCCN(CCO)CCO. The van der Waals surface area contributed by atoms with E-state index in [1.807, 2.05) is 60.7 Å². The molecule has 0 atom stereocenters. The van der Waals surface area contributed by atoms with Crippen molar-refractivity contribution in [1.82, 2.24) is 4.90 Å². The Labute approximate surface area is 171 Å². The quantitative estimate of drug-likeness (QED) is 0.379. The minimum atomic E-state index is -4.02. The third-order valence-corrected chi connectivity index (χ3v) is 4.63. The molecule has 0 radical (unpaired) electrons. The van der Waals surface area contributed by atoms with Gasteiger partial charge in [0.25, 0.3) is 0 Å². The van der Waals surface area contributed by atoms with Gasteiger partial charge in [0.05, 0.1) is 33.0 Å². The normalized spacial score (nSPS) is 11.2. The summed E-state index contributed by atoms with van der Waals surface area (Å²) in [6.07, 6.45) is 0. The average molecular weight is 427 g/mol. The van der Waals surface area contributed by atoms with Crippen molar-refractivity contribution in [3.05, 3.63) is 71.8 Å². The molecule has 0 aliphatic heterocycles. The van der Waals surface area contributed by atoms with Gasteiger partial charge in [-0.25, -0.2) is 4.57 Å². The van der Waals surface area contributed by atoms with E-state index in [1.165, 1.54) is 0 Å². The molecule has 0 spiro atoms. The van der Waals surface area contributed by atoms with Crippen LogP contribution in [0.1, 0.15) is 11.1 Å². The molecule has 2 aromatic carbocycles. The van der Waals surface area contributed by atoms with Crippen molar-refractivity contribution in [2.75, 3.05) is 39.5 Å². The summed E-state index contributed by atoms with van der Waals surface area (Å²) < 4.78 is 21.5. The number of rotatable bonds is 12. The van der Waals surface area contributed by atoms with Gasteiger partial charge < -0.3 is 20.2 Å². The highest BCUT2D eigenvalue weighted by atomic mass is 31.2. The Bertz CT molecular complexity index is 626. The van der Waals surface area contributed by atoms with Gasteiger partial charge in [0, 0.05) is 19.6 Å². The van der Waals surface area contributed by atoms with Crippen molar-refractivity contribution in [3.8, 4) is 0 Å². The number of benzene rings is 2. The van der Waals surface area contributed by atoms with Gasteiger partial charge in [-0.15, -0.1) is 0 Å². The van der Waals surface area contributed by atoms with Gasteiger partial charge in [-0.2, -0.15) is 0 Å². The van der Waals surface area contributed by atoms with E-state index in [2.05, 4.69) is 0 Å². The first-order chi connectivity index (χ1) is 14.0. The van der Waals surface area contributed by atoms with E-state index >= 15 is 0 Å². The van der Waals surface area contributed by atoms with Gasteiger partial charge in [-0.1, -0.05) is 60.7 Å². The number of phosphoric acid groups is 1. The second kappa shape index (κ2) is 15.3. The van der Waals surface area contributed by atoms with E-state index in [0.29, 0.717) is 19.6 Å². The van der Waals surface area contributed by atoms with Crippen molar-refractivity contribution in [3.63, 3.8) is 0 Å². The highest BCUT2D eigenvalue weighted by Gasteiger charge is 2.20. The summed E-state index contributed by atoms with van der Waals surface area (Å²) >= 11 is 0. The zero-order chi connectivity index (χ0) is 21.4. The van der Waals surface area contributed by atoms with Crippen molar-refractivity contribution < 1.29 is 33.8 Å². The molecule has 0 amide bonds. The molecule has 0 aliphatic carbocycles. The Balaban J connectivity index is 0.000000359. The van der Waals surface area contributed by atoms with Crippen molar-refractivity contribution >= 4 is 7.82 Å². The number of hydrogen-bond donors (Lipinski definition) is 4. The van der Waals surface area contributed by atoms with Crippen LogP contribution in [0.4, 0.5) is 0 Å². The minimum Gasteiger partial charge on any atom is -0.395 e. The van der Waals surface area contributed by atoms with Crippen LogP contribution >= 0.6 is 7.82 Å². The fourth-order valence-corrected chi connectivity index (χ4v) is 2.96. The van der Waals surface area contributed by atoms with Crippen LogP contribution in [0.2, 0.25) is 0 Å². The van der Waals surface area contributed by atoms with Gasteiger partial charge >= 0.3 is 7.82 Å². The van der Waals surface area contributed by atoms with E-state index in [0.717, 1.165) is 11.1 Å². The Kier molecular flexibility index (Phi) is 13.4. The summed E-state index contributed by atoms with van der Waals surface area (Å²) in [5, 5.41) is 25.5. The van der Waals surface area contributed by atoms with E-state index in [-0.39, 0.29) is 33.0 Å². The van der Waals surface area contributed by atoms with E-state index in [9.17, 15) is 9.46 Å². The summed E-state index contributed by atoms with van der Waals surface area (Å²) in [5.41, 5.74) is 1.64. The van der Waals surface area contributed by atoms with E-state index in [1.54, 1.807) is 4.90 Å². The lowest BCUT2D eigenvalue weighted by Crippen LogP contribution is -2.32. The highest BCUT2D eigenvalue weighted by molar-refractivity contribution is 7.47. The van der Waals surface area contributed by atoms with Crippen LogP contribution in [0.3, 0.4) is 0 Å². The molecular formula is C20H30NO7P. The van der Waals surface area contributed by atoms with Crippen LogP contribution < -0.4 is 0 Å².